The average Bonchev–Trinajstić information content (AvgIpc) is 2.46. The van der Waals surface area contributed by atoms with E-state index in [1.54, 1.807) is 25.3 Å². The van der Waals surface area contributed by atoms with Gasteiger partial charge in [0, 0.05) is 11.1 Å². The lowest BCUT2D eigenvalue weighted by Gasteiger charge is -2.12. The van der Waals surface area contributed by atoms with E-state index >= 15 is 0 Å². The second-order valence-corrected chi connectivity index (χ2v) is 5.46. The van der Waals surface area contributed by atoms with Crippen LogP contribution in [0.5, 0.6) is 11.5 Å². The number of hydrogen-bond acceptors (Lipinski definition) is 3. The van der Waals surface area contributed by atoms with Gasteiger partial charge >= 0.3 is 0 Å². The third-order valence-corrected chi connectivity index (χ3v) is 3.57. The number of ether oxygens (including phenoxy) is 2. The summed E-state index contributed by atoms with van der Waals surface area (Å²) in [5, 5.41) is 0.479. The van der Waals surface area contributed by atoms with Crippen molar-refractivity contribution in [3.05, 3.63) is 58.1 Å². The second-order valence-electron chi connectivity index (χ2n) is 4.61. The zero-order valence-electron chi connectivity index (χ0n) is 11.9. The molecule has 0 bridgehead atoms. The number of hydrogen-bond donors (Lipinski definition) is 1. The van der Waals surface area contributed by atoms with Gasteiger partial charge in [-0.1, -0.05) is 35.4 Å². The molecule has 0 aliphatic rings. The smallest absolute Gasteiger partial charge is 0.138 e. The summed E-state index contributed by atoms with van der Waals surface area (Å²) in [4.78, 5) is 0.309. The summed E-state index contributed by atoms with van der Waals surface area (Å²) in [5.41, 5.74) is 8.39. The summed E-state index contributed by atoms with van der Waals surface area (Å²) in [6.07, 6.45) is 0. The van der Waals surface area contributed by atoms with Gasteiger partial charge in [-0.25, -0.2) is 0 Å². The predicted octanol–water partition coefficient (Wildman–Crippen LogP) is 3.87. The number of nitrogens with two attached hydrogens (primary N) is 1. The van der Waals surface area contributed by atoms with Gasteiger partial charge in [-0.3, -0.25) is 0 Å². The number of methoxy groups -OCH3 is 1. The fourth-order valence-electron chi connectivity index (χ4n) is 1.95. The van der Waals surface area contributed by atoms with Crippen molar-refractivity contribution in [2.24, 2.45) is 5.73 Å². The molecule has 0 aliphatic heterocycles. The molecule has 0 unspecified atom stereocenters. The molecule has 0 aromatic heterocycles. The Hall–Kier alpha value is -1.78. The fourth-order valence-corrected chi connectivity index (χ4v) is 2.31. The highest BCUT2D eigenvalue weighted by atomic mass is 35.5. The second kappa shape index (κ2) is 6.78. The van der Waals surface area contributed by atoms with E-state index in [4.69, 9.17) is 39.0 Å². The first kappa shape index (κ1) is 15.6. The molecule has 0 aliphatic carbocycles. The molecule has 0 fully saturated rings. The molecule has 5 heteroatoms. The summed E-state index contributed by atoms with van der Waals surface area (Å²) in [5.74, 6) is 1.37. The van der Waals surface area contributed by atoms with Crippen LogP contribution in [0, 0.1) is 6.92 Å². The summed E-state index contributed by atoms with van der Waals surface area (Å²) >= 11 is 11.1. The maximum Gasteiger partial charge on any atom is 0.138 e. The molecule has 110 valence electrons. The van der Waals surface area contributed by atoms with Crippen LogP contribution in [-0.4, -0.2) is 12.1 Å². The van der Waals surface area contributed by atoms with Gasteiger partial charge in [-0.05, 0) is 37.3 Å². The van der Waals surface area contributed by atoms with Gasteiger partial charge in [0.15, 0.2) is 0 Å². The quantitative estimate of drug-likeness (QED) is 0.849. The van der Waals surface area contributed by atoms with Crippen LogP contribution in [0.15, 0.2) is 36.4 Å². The average molecular weight is 322 g/mol. The minimum Gasteiger partial charge on any atom is -0.496 e. The number of halogens is 1. The summed E-state index contributed by atoms with van der Waals surface area (Å²) in [6.45, 7) is 2.39. The van der Waals surface area contributed by atoms with Crippen LogP contribution in [0.25, 0.3) is 0 Å². The summed E-state index contributed by atoms with van der Waals surface area (Å²) in [7, 11) is 1.64. The zero-order valence-corrected chi connectivity index (χ0v) is 13.4. The maximum atomic E-state index is 6.17. The minimum atomic E-state index is 0.309. The number of benzene rings is 2. The molecule has 0 saturated carbocycles. The molecule has 0 radical (unpaired) electrons. The molecule has 2 aromatic carbocycles. The van der Waals surface area contributed by atoms with Crippen molar-refractivity contribution < 1.29 is 9.47 Å². The molecular weight excluding hydrogens is 306 g/mol. The van der Waals surface area contributed by atoms with Gasteiger partial charge in [-0.2, -0.15) is 0 Å². The van der Waals surface area contributed by atoms with Crippen LogP contribution in [-0.2, 0) is 6.61 Å². The highest BCUT2D eigenvalue weighted by Crippen LogP contribution is 2.28. The largest absolute Gasteiger partial charge is 0.496 e. The molecule has 0 saturated heterocycles. The molecule has 0 atom stereocenters. The van der Waals surface area contributed by atoms with Crippen molar-refractivity contribution in [3.8, 4) is 11.5 Å². The lowest BCUT2D eigenvalue weighted by molar-refractivity contribution is 0.297. The Morgan fingerprint density at radius 3 is 2.52 bits per heavy atom. The first-order valence-corrected chi connectivity index (χ1v) is 7.15. The first-order valence-electron chi connectivity index (χ1n) is 6.37. The highest BCUT2D eigenvalue weighted by molar-refractivity contribution is 7.80. The third-order valence-electron chi connectivity index (χ3n) is 3.04. The first-order chi connectivity index (χ1) is 10.0. The molecule has 2 aromatic rings. The minimum absolute atomic E-state index is 0.309. The van der Waals surface area contributed by atoms with E-state index in [2.05, 4.69) is 0 Å². The van der Waals surface area contributed by atoms with Gasteiger partial charge in [0.25, 0.3) is 0 Å². The molecule has 0 amide bonds. The lowest BCUT2D eigenvalue weighted by atomic mass is 10.1. The summed E-state index contributed by atoms with van der Waals surface area (Å²) < 4.78 is 11.1. The Morgan fingerprint density at radius 1 is 1.19 bits per heavy atom. The molecule has 2 rings (SSSR count). The fraction of sp³-hybridized carbons (Fsp3) is 0.188. The van der Waals surface area contributed by atoms with Crippen molar-refractivity contribution in [3.63, 3.8) is 0 Å². The van der Waals surface area contributed by atoms with Crippen molar-refractivity contribution in [2.45, 2.75) is 13.5 Å². The van der Waals surface area contributed by atoms with E-state index in [1.807, 2.05) is 25.1 Å². The Balaban J connectivity index is 2.17. The molecular formula is C16H16ClNO2S. The van der Waals surface area contributed by atoms with E-state index in [9.17, 15) is 0 Å². The highest BCUT2D eigenvalue weighted by Gasteiger charge is 2.08. The van der Waals surface area contributed by atoms with Crippen LogP contribution in [0.4, 0.5) is 0 Å². The van der Waals surface area contributed by atoms with Crippen molar-refractivity contribution in [1.82, 2.24) is 0 Å². The van der Waals surface area contributed by atoms with Crippen LogP contribution < -0.4 is 15.2 Å². The monoisotopic (exact) mass is 321 g/mol. The van der Waals surface area contributed by atoms with Crippen LogP contribution in [0.3, 0.4) is 0 Å². The van der Waals surface area contributed by atoms with Crippen LogP contribution in [0.2, 0.25) is 5.02 Å². The number of thiocarbonyl (C=S) groups is 1. The topological polar surface area (TPSA) is 44.5 Å². The lowest BCUT2D eigenvalue weighted by Crippen LogP contribution is -2.09. The van der Waals surface area contributed by atoms with Gasteiger partial charge in [0.1, 0.15) is 23.1 Å². The predicted molar refractivity (Wildman–Crippen MR) is 89.4 cm³/mol. The third kappa shape index (κ3) is 3.86. The van der Waals surface area contributed by atoms with Gasteiger partial charge in [0.2, 0.25) is 0 Å². The van der Waals surface area contributed by atoms with Crippen LogP contribution >= 0.6 is 23.8 Å². The zero-order chi connectivity index (χ0) is 15.4. The van der Waals surface area contributed by atoms with E-state index < -0.39 is 0 Å². The van der Waals surface area contributed by atoms with Crippen molar-refractivity contribution in [1.29, 1.82) is 0 Å². The Morgan fingerprint density at radius 2 is 1.90 bits per heavy atom. The molecule has 21 heavy (non-hydrogen) atoms. The van der Waals surface area contributed by atoms with E-state index in [0.717, 1.165) is 22.4 Å². The van der Waals surface area contributed by atoms with E-state index in [0.29, 0.717) is 22.4 Å². The molecule has 0 spiro atoms. The molecule has 0 heterocycles. The van der Waals surface area contributed by atoms with E-state index in [-0.39, 0.29) is 0 Å². The van der Waals surface area contributed by atoms with Crippen molar-refractivity contribution >= 4 is 28.8 Å². The number of aryl methyl sites for hydroxylation is 1. The Bertz CT molecular complexity index is 673. The van der Waals surface area contributed by atoms with Gasteiger partial charge in [0.05, 0.1) is 12.1 Å². The normalized spacial score (nSPS) is 10.2. The standard InChI is InChI=1S/C16H16ClNO2S/c1-10-3-5-14(19-2)12(7-10)9-20-15-6-4-11(16(18)21)8-13(15)17/h3-8H,9H2,1-2H3,(H2,18,21). The van der Waals surface area contributed by atoms with Gasteiger partial charge < -0.3 is 15.2 Å². The SMILES string of the molecule is COc1ccc(C)cc1COc1ccc(C(N)=S)cc1Cl. The van der Waals surface area contributed by atoms with E-state index in [1.165, 1.54) is 0 Å². The van der Waals surface area contributed by atoms with Crippen molar-refractivity contribution in [2.75, 3.05) is 7.11 Å². The van der Waals surface area contributed by atoms with Crippen LogP contribution in [0.1, 0.15) is 16.7 Å². The Kier molecular flexibility index (Phi) is 5.04. The molecule has 2 N–H and O–H groups in total. The number of rotatable bonds is 5. The van der Waals surface area contributed by atoms with Gasteiger partial charge in [-0.15, -0.1) is 0 Å². The maximum absolute atomic E-state index is 6.17. The summed E-state index contributed by atoms with van der Waals surface area (Å²) in [6, 6.07) is 11.2. The molecule has 3 nitrogen and oxygen atoms in total. The Labute approximate surface area is 134 Å².